The predicted octanol–water partition coefficient (Wildman–Crippen LogP) is 3.11. The highest BCUT2D eigenvalue weighted by molar-refractivity contribution is 6.10. The number of nitrogens with zero attached hydrogens (tertiary/aromatic N) is 1. The minimum absolute atomic E-state index is 0.0931. The van der Waals surface area contributed by atoms with Crippen LogP contribution in [0, 0.1) is 11.3 Å². The Hall–Kier alpha value is -2.60. The zero-order valence-electron chi connectivity index (χ0n) is 11.7. The molecule has 3 nitrogen and oxygen atoms in total. The lowest BCUT2D eigenvalue weighted by atomic mass is 9.83. The molecule has 1 aliphatic carbocycles. The summed E-state index contributed by atoms with van der Waals surface area (Å²) in [6.07, 6.45) is 0.814. The van der Waals surface area contributed by atoms with Gasteiger partial charge in [0, 0.05) is 11.1 Å². The van der Waals surface area contributed by atoms with Crippen molar-refractivity contribution in [2.24, 2.45) is 0 Å². The van der Waals surface area contributed by atoms with Gasteiger partial charge < -0.3 is 5.32 Å². The van der Waals surface area contributed by atoms with Gasteiger partial charge in [0.25, 0.3) is 0 Å². The van der Waals surface area contributed by atoms with E-state index >= 15 is 0 Å². The highest BCUT2D eigenvalue weighted by Crippen LogP contribution is 2.68. The van der Waals surface area contributed by atoms with E-state index in [2.05, 4.69) is 18.3 Å². The molecule has 0 saturated heterocycles. The zero-order chi connectivity index (χ0) is 14.7. The molecule has 2 aliphatic rings. The van der Waals surface area contributed by atoms with Crippen LogP contribution in [0.15, 0.2) is 48.5 Å². The van der Waals surface area contributed by atoms with Crippen LogP contribution in [-0.2, 0) is 15.6 Å². The number of rotatable bonds is 1. The molecule has 2 atom stereocenters. The second kappa shape index (κ2) is 3.73. The van der Waals surface area contributed by atoms with E-state index in [9.17, 15) is 4.79 Å². The Morgan fingerprint density at radius 2 is 1.86 bits per heavy atom. The normalized spacial score (nSPS) is 28.9. The second-order valence-corrected chi connectivity index (χ2v) is 6.10. The molecule has 2 aromatic rings. The molecule has 1 fully saturated rings. The van der Waals surface area contributed by atoms with Gasteiger partial charge in [-0.3, -0.25) is 4.79 Å². The fourth-order valence-electron chi connectivity index (χ4n) is 3.79. The molecule has 1 aliphatic heterocycles. The molecule has 0 unspecified atom stereocenters. The number of anilines is 1. The summed E-state index contributed by atoms with van der Waals surface area (Å²) in [6.45, 7) is 2.13. The van der Waals surface area contributed by atoms with Gasteiger partial charge in [-0.2, -0.15) is 5.26 Å². The van der Waals surface area contributed by atoms with Gasteiger partial charge in [0.2, 0.25) is 5.91 Å². The highest BCUT2D eigenvalue weighted by Gasteiger charge is 2.73. The van der Waals surface area contributed by atoms with Crippen molar-refractivity contribution in [3.63, 3.8) is 0 Å². The van der Waals surface area contributed by atoms with Gasteiger partial charge in [-0.05, 0) is 35.7 Å². The summed E-state index contributed by atoms with van der Waals surface area (Å²) < 4.78 is 0. The first kappa shape index (κ1) is 12.2. The molecule has 1 saturated carbocycles. The van der Waals surface area contributed by atoms with Crippen molar-refractivity contribution < 1.29 is 4.79 Å². The molecule has 1 spiro atoms. The number of hydrogen-bond donors (Lipinski definition) is 1. The lowest BCUT2D eigenvalue weighted by molar-refractivity contribution is -0.118. The van der Waals surface area contributed by atoms with Crippen molar-refractivity contribution in [1.82, 2.24) is 0 Å². The summed E-state index contributed by atoms with van der Waals surface area (Å²) >= 11 is 0. The number of carbonyl (C=O) groups excluding carboxylic acids is 1. The van der Waals surface area contributed by atoms with Crippen molar-refractivity contribution in [3.05, 3.63) is 65.2 Å². The van der Waals surface area contributed by atoms with Crippen LogP contribution in [0.2, 0.25) is 0 Å². The van der Waals surface area contributed by atoms with Gasteiger partial charge in [-0.1, -0.05) is 37.3 Å². The van der Waals surface area contributed by atoms with Gasteiger partial charge in [0.15, 0.2) is 0 Å². The van der Waals surface area contributed by atoms with Gasteiger partial charge in [-0.25, -0.2) is 0 Å². The summed E-state index contributed by atoms with van der Waals surface area (Å²) in [5.41, 5.74) is 3.15. The van der Waals surface area contributed by atoms with Crippen LogP contribution in [0.4, 0.5) is 5.69 Å². The van der Waals surface area contributed by atoms with E-state index in [1.54, 1.807) is 0 Å². The van der Waals surface area contributed by atoms with Crippen molar-refractivity contribution in [2.75, 3.05) is 5.32 Å². The third kappa shape index (κ3) is 1.34. The molecule has 1 N–H and O–H groups in total. The summed E-state index contributed by atoms with van der Waals surface area (Å²) in [4.78, 5) is 12.6. The maximum atomic E-state index is 12.6. The van der Waals surface area contributed by atoms with Gasteiger partial charge >= 0.3 is 0 Å². The Labute approximate surface area is 123 Å². The van der Waals surface area contributed by atoms with E-state index in [0.29, 0.717) is 5.56 Å². The number of nitriles is 1. The van der Waals surface area contributed by atoms with Crippen molar-refractivity contribution in [2.45, 2.75) is 24.2 Å². The summed E-state index contributed by atoms with van der Waals surface area (Å²) in [5, 5.41) is 11.9. The van der Waals surface area contributed by atoms with E-state index in [1.165, 1.54) is 0 Å². The lowest BCUT2D eigenvalue weighted by Crippen LogP contribution is -2.27. The van der Waals surface area contributed by atoms with Crippen LogP contribution in [0.3, 0.4) is 0 Å². The second-order valence-electron chi connectivity index (χ2n) is 6.10. The number of hydrogen-bond acceptors (Lipinski definition) is 2. The van der Waals surface area contributed by atoms with Crippen molar-refractivity contribution in [1.29, 1.82) is 5.26 Å². The smallest absolute Gasteiger partial charge is 0.236 e. The SMILES string of the molecule is C[C@]1(c2ccc(C#N)cc2)C[C@@]12C(=O)Nc1ccccc12. The molecular formula is C18H14N2O. The van der Waals surface area contributed by atoms with Crippen LogP contribution in [0.5, 0.6) is 0 Å². The number of amides is 1. The molecule has 102 valence electrons. The zero-order valence-corrected chi connectivity index (χ0v) is 11.7. The number of benzene rings is 2. The topological polar surface area (TPSA) is 52.9 Å². The van der Waals surface area contributed by atoms with Crippen LogP contribution >= 0.6 is 0 Å². The molecule has 4 rings (SSSR count). The van der Waals surface area contributed by atoms with E-state index in [1.807, 2.05) is 48.5 Å². The summed E-state index contributed by atoms with van der Waals surface area (Å²) in [5.74, 6) is 0.0931. The Bertz CT molecular complexity index is 803. The van der Waals surface area contributed by atoms with E-state index < -0.39 is 5.41 Å². The van der Waals surface area contributed by atoms with Gasteiger partial charge in [-0.15, -0.1) is 0 Å². The molecular weight excluding hydrogens is 260 g/mol. The lowest BCUT2D eigenvalue weighted by Gasteiger charge is -2.17. The van der Waals surface area contributed by atoms with Crippen LogP contribution in [0.1, 0.15) is 30.0 Å². The highest BCUT2D eigenvalue weighted by atomic mass is 16.2. The Balaban J connectivity index is 1.82. The molecule has 3 heteroatoms. The molecule has 0 radical (unpaired) electrons. The largest absolute Gasteiger partial charge is 0.325 e. The molecule has 21 heavy (non-hydrogen) atoms. The third-order valence-corrected chi connectivity index (χ3v) is 5.11. The van der Waals surface area contributed by atoms with Crippen LogP contribution in [0.25, 0.3) is 0 Å². The minimum atomic E-state index is -0.447. The quantitative estimate of drug-likeness (QED) is 0.868. The van der Waals surface area contributed by atoms with E-state index in [0.717, 1.165) is 23.2 Å². The number of para-hydroxylation sites is 1. The number of carbonyl (C=O) groups is 1. The first-order valence-electron chi connectivity index (χ1n) is 7.03. The maximum Gasteiger partial charge on any atom is 0.236 e. The fraction of sp³-hybridized carbons (Fsp3) is 0.222. The first-order chi connectivity index (χ1) is 10.1. The first-order valence-corrected chi connectivity index (χ1v) is 7.03. The molecule has 0 bridgehead atoms. The molecule has 2 aromatic carbocycles. The minimum Gasteiger partial charge on any atom is -0.325 e. The van der Waals surface area contributed by atoms with Crippen LogP contribution in [-0.4, -0.2) is 5.91 Å². The van der Waals surface area contributed by atoms with Gasteiger partial charge in [0.1, 0.15) is 0 Å². The van der Waals surface area contributed by atoms with Crippen LogP contribution < -0.4 is 5.32 Å². The number of fused-ring (bicyclic) bond motifs is 2. The predicted molar refractivity (Wildman–Crippen MR) is 79.9 cm³/mol. The Morgan fingerprint density at radius 3 is 2.57 bits per heavy atom. The van der Waals surface area contributed by atoms with Crippen molar-refractivity contribution in [3.8, 4) is 6.07 Å². The van der Waals surface area contributed by atoms with Gasteiger partial charge in [0.05, 0.1) is 17.0 Å². The van der Waals surface area contributed by atoms with E-state index in [-0.39, 0.29) is 11.3 Å². The molecule has 1 amide bonds. The number of nitrogens with one attached hydrogen (secondary N) is 1. The summed E-state index contributed by atoms with van der Waals surface area (Å²) in [7, 11) is 0. The Kier molecular flexibility index (Phi) is 2.16. The molecule has 0 aromatic heterocycles. The molecule has 1 heterocycles. The van der Waals surface area contributed by atoms with Crippen molar-refractivity contribution >= 4 is 11.6 Å². The third-order valence-electron chi connectivity index (χ3n) is 5.11. The Morgan fingerprint density at radius 1 is 1.14 bits per heavy atom. The fourth-order valence-corrected chi connectivity index (χ4v) is 3.79. The monoisotopic (exact) mass is 274 g/mol. The average molecular weight is 274 g/mol. The average Bonchev–Trinajstić information content (AvgIpc) is 3.06. The summed E-state index contributed by atoms with van der Waals surface area (Å²) in [6, 6.07) is 17.7. The maximum absolute atomic E-state index is 12.6. The standard InChI is InChI=1S/C18H14N2O/c1-17(13-8-6-12(10-19)7-9-13)11-18(17)14-4-2-3-5-15(14)20-16(18)21/h2-9H,11H2,1H3,(H,20,21)/t17-,18-/m1/s1. The van der Waals surface area contributed by atoms with E-state index in [4.69, 9.17) is 5.26 Å².